The number of alkyl halides is 6. The molecule has 0 unspecified atom stereocenters. The van der Waals surface area contributed by atoms with Crippen molar-refractivity contribution >= 4 is 22.2 Å². The quantitative estimate of drug-likeness (QED) is 0.393. The normalized spacial score (nSPS) is 12.8. The summed E-state index contributed by atoms with van der Waals surface area (Å²) in [7, 11) is 0. The van der Waals surface area contributed by atoms with Crippen LogP contribution >= 0.6 is 0 Å². The van der Waals surface area contributed by atoms with Gasteiger partial charge in [-0.25, -0.2) is 14.8 Å². The first kappa shape index (κ1) is 19.0. The number of furan rings is 1. The van der Waals surface area contributed by atoms with E-state index >= 15 is 0 Å². The maximum Gasteiger partial charge on any atom is 0.469 e. The molecule has 4 aromatic rings. The van der Waals surface area contributed by atoms with Gasteiger partial charge >= 0.3 is 23.9 Å². The zero-order valence-electron chi connectivity index (χ0n) is 14.3. The summed E-state index contributed by atoms with van der Waals surface area (Å²) >= 11 is 0. The lowest BCUT2D eigenvalue weighted by molar-refractivity contribution is -0.158. The van der Waals surface area contributed by atoms with E-state index in [1.165, 1.54) is 12.1 Å². The number of hydrogen-bond acceptors (Lipinski definition) is 5. The topological polar surface area (TPSA) is 69.1 Å². The summed E-state index contributed by atoms with van der Waals surface area (Å²) in [5, 5.41) is -0.846. The molecule has 0 N–H and O–H groups in total. The van der Waals surface area contributed by atoms with Crippen molar-refractivity contribution in [2.24, 2.45) is 0 Å². The third kappa shape index (κ3) is 3.22. The van der Waals surface area contributed by atoms with Crippen molar-refractivity contribution in [1.82, 2.24) is 9.97 Å². The van der Waals surface area contributed by atoms with Crippen LogP contribution in [0.5, 0.6) is 0 Å². The van der Waals surface area contributed by atoms with E-state index in [2.05, 4.69) is 14.4 Å². The van der Waals surface area contributed by atoms with Crippen LogP contribution in [0, 0.1) is 6.92 Å². The summed E-state index contributed by atoms with van der Waals surface area (Å²) in [4.78, 5) is 18.9. The van der Waals surface area contributed by atoms with Crippen molar-refractivity contribution in [2.75, 3.05) is 0 Å². The number of aryl methyl sites for hydroxylation is 1. The van der Waals surface area contributed by atoms with Gasteiger partial charge in [-0.05, 0) is 13.0 Å². The van der Waals surface area contributed by atoms with Gasteiger partial charge in [0.05, 0.1) is 16.6 Å². The highest BCUT2D eigenvalue weighted by atomic mass is 19.4. The maximum atomic E-state index is 13.7. The molecule has 3 aromatic heterocycles. The molecule has 5 nitrogen and oxygen atoms in total. The summed E-state index contributed by atoms with van der Waals surface area (Å²) in [6, 6.07) is 7.03. The molecule has 0 atom stereocenters. The van der Waals surface area contributed by atoms with Crippen LogP contribution < -0.4 is 5.63 Å². The molecule has 0 amide bonds. The Bertz CT molecular complexity index is 1300. The number of benzene rings is 1. The van der Waals surface area contributed by atoms with E-state index in [1.807, 2.05) is 0 Å². The lowest BCUT2D eigenvalue weighted by Gasteiger charge is -2.10. The van der Waals surface area contributed by atoms with Crippen molar-refractivity contribution in [2.45, 2.75) is 19.3 Å². The lowest BCUT2D eigenvalue weighted by Crippen LogP contribution is -2.13. The van der Waals surface area contributed by atoms with Crippen LogP contribution in [0.4, 0.5) is 26.3 Å². The molecule has 150 valence electrons. The predicted octanol–water partition coefficient (Wildman–Crippen LogP) is 5.34. The molecule has 3 heterocycles. The van der Waals surface area contributed by atoms with Crippen LogP contribution in [-0.2, 0) is 12.4 Å². The van der Waals surface area contributed by atoms with Gasteiger partial charge in [0, 0.05) is 5.56 Å². The number of rotatable bonds is 1. The first-order valence-electron chi connectivity index (χ1n) is 7.95. The third-order valence-corrected chi connectivity index (χ3v) is 4.12. The number of halogens is 6. The largest absolute Gasteiger partial charge is 0.469 e. The van der Waals surface area contributed by atoms with E-state index in [1.54, 1.807) is 19.1 Å². The second-order valence-corrected chi connectivity index (χ2v) is 6.18. The molecule has 0 fully saturated rings. The van der Waals surface area contributed by atoms with E-state index in [-0.39, 0.29) is 5.69 Å². The second kappa shape index (κ2) is 6.06. The summed E-state index contributed by atoms with van der Waals surface area (Å²) < 4.78 is 88.8. The minimum Gasteiger partial charge on any atom is -0.428 e. The van der Waals surface area contributed by atoms with Gasteiger partial charge in [-0.15, -0.1) is 0 Å². The monoisotopic (exact) mass is 414 g/mol. The molecule has 0 aliphatic carbocycles. The molecular formula is C18H8F6N2O3. The van der Waals surface area contributed by atoms with Crippen molar-refractivity contribution in [3.63, 3.8) is 0 Å². The summed E-state index contributed by atoms with van der Waals surface area (Å²) in [5.41, 5.74) is -4.37. The Balaban J connectivity index is 2.11. The molecule has 11 heteroatoms. The third-order valence-electron chi connectivity index (χ3n) is 4.12. The Hall–Kier alpha value is -3.37. The van der Waals surface area contributed by atoms with Gasteiger partial charge in [-0.1, -0.05) is 29.8 Å². The average molecular weight is 414 g/mol. The molecule has 29 heavy (non-hydrogen) atoms. The fraction of sp³-hybridized carbons (Fsp3) is 0.167. The van der Waals surface area contributed by atoms with Gasteiger partial charge in [-0.2, -0.15) is 26.3 Å². The molecule has 0 aliphatic rings. The highest BCUT2D eigenvalue weighted by Crippen LogP contribution is 2.40. The minimum absolute atomic E-state index is 0.135. The maximum absolute atomic E-state index is 13.7. The van der Waals surface area contributed by atoms with Crippen LogP contribution in [0.3, 0.4) is 0 Å². The number of fused-ring (bicyclic) bond motifs is 3. The molecular weight excluding hydrogens is 406 g/mol. The highest BCUT2D eigenvalue weighted by Gasteiger charge is 2.40. The molecule has 0 bridgehead atoms. The first-order valence-corrected chi connectivity index (χ1v) is 7.95. The van der Waals surface area contributed by atoms with Crippen LogP contribution in [0.25, 0.3) is 33.5 Å². The molecule has 0 saturated carbocycles. The summed E-state index contributed by atoms with van der Waals surface area (Å²) in [6.45, 7) is 1.78. The standard InChI is InChI=1S/C18H8F6N2O3/c1-7-2-4-8(5-3-7)10-6-9(17(19,20)21)11-12-13(28-14(11)25-10)15(27)29-16(26-12)18(22,23)24/h2-6H,1H3. The lowest BCUT2D eigenvalue weighted by atomic mass is 10.0. The SMILES string of the molecule is Cc1ccc(-c2cc(C(F)(F)F)c3c(n2)oc2c(=O)oc(C(F)(F)F)nc23)cc1. The number of aromatic nitrogens is 2. The highest BCUT2D eigenvalue weighted by molar-refractivity contribution is 6.03. The number of hydrogen-bond donors (Lipinski definition) is 0. The van der Waals surface area contributed by atoms with Crippen LogP contribution in [0.1, 0.15) is 17.0 Å². The molecule has 0 aliphatic heterocycles. The van der Waals surface area contributed by atoms with Crippen LogP contribution in [0.2, 0.25) is 0 Å². The van der Waals surface area contributed by atoms with Gasteiger partial charge in [0.25, 0.3) is 0 Å². The molecule has 4 rings (SSSR count). The van der Waals surface area contributed by atoms with Crippen molar-refractivity contribution in [3.05, 3.63) is 57.8 Å². The van der Waals surface area contributed by atoms with E-state index in [0.29, 0.717) is 11.6 Å². The fourth-order valence-electron chi connectivity index (χ4n) is 2.80. The van der Waals surface area contributed by atoms with Gasteiger partial charge in [0.1, 0.15) is 5.52 Å². The molecule has 0 radical (unpaired) electrons. The summed E-state index contributed by atoms with van der Waals surface area (Å²) in [6.07, 6.45) is -10.2. The Morgan fingerprint density at radius 2 is 1.55 bits per heavy atom. The Morgan fingerprint density at radius 3 is 2.14 bits per heavy atom. The Morgan fingerprint density at radius 1 is 0.897 bits per heavy atom. The Labute approximate surface area is 156 Å². The molecule has 0 saturated heterocycles. The molecule has 1 aromatic carbocycles. The van der Waals surface area contributed by atoms with E-state index < -0.39 is 51.6 Å². The predicted molar refractivity (Wildman–Crippen MR) is 88.0 cm³/mol. The van der Waals surface area contributed by atoms with Crippen molar-refractivity contribution in [3.8, 4) is 11.3 Å². The summed E-state index contributed by atoms with van der Waals surface area (Å²) in [5.74, 6) is -1.98. The zero-order valence-corrected chi connectivity index (χ0v) is 14.3. The van der Waals surface area contributed by atoms with Crippen LogP contribution in [-0.4, -0.2) is 9.97 Å². The van der Waals surface area contributed by atoms with Gasteiger partial charge in [0.15, 0.2) is 0 Å². The van der Waals surface area contributed by atoms with E-state index in [4.69, 9.17) is 4.42 Å². The number of nitrogens with zero attached hydrogens (tertiary/aromatic N) is 2. The smallest absolute Gasteiger partial charge is 0.428 e. The van der Waals surface area contributed by atoms with Crippen molar-refractivity contribution in [1.29, 1.82) is 0 Å². The second-order valence-electron chi connectivity index (χ2n) is 6.18. The van der Waals surface area contributed by atoms with Gasteiger partial charge in [0.2, 0.25) is 11.3 Å². The van der Waals surface area contributed by atoms with Gasteiger partial charge < -0.3 is 8.83 Å². The Kier molecular flexibility index (Phi) is 3.97. The van der Waals surface area contributed by atoms with E-state index in [0.717, 1.165) is 5.56 Å². The average Bonchev–Trinajstić information content (AvgIpc) is 2.99. The van der Waals surface area contributed by atoms with Crippen LogP contribution in [0.15, 0.2) is 44.0 Å². The first-order chi connectivity index (χ1) is 13.4. The minimum atomic E-state index is -5.18. The van der Waals surface area contributed by atoms with Crippen molar-refractivity contribution < 1.29 is 35.2 Å². The fourth-order valence-corrected chi connectivity index (χ4v) is 2.80. The zero-order chi connectivity index (χ0) is 21.1. The number of pyridine rings is 1. The van der Waals surface area contributed by atoms with E-state index in [9.17, 15) is 31.1 Å². The van der Waals surface area contributed by atoms with Gasteiger partial charge in [-0.3, -0.25) is 0 Å². The molecule has 0 spiro atoms.